The summed E-state index contributed by atoms with van der Waals surface area (Å²) in [6, 6.07) is 11.8. The number of aromatic nitrogens is 2. The summed E-state index contributed by atoms with van der Waals surface area (Å²) >= 11 is 0. The summed E-state index contributed by atoms with van der Waals surface area (Å²) in [7, 11) is 1.98. The van der Waals surface area contributed by atoms with Crippen LogP contribution in [0.4, 0.5) is 5.69 Å². The van der Waals surface area contributed by atoms with Gasteiger partial charge < -0.3 is 19.9 Å². The molecule has 1 saturated carbocycles. The lowest BCUT2D eigenvalue weighted by atomic mass is 10.0. The van der Waals surface area contributed by atoms with Gasteiger partial charge in [-0.1, -0.05) is 38.8 Å². The number of hydrogen-bond acceptors (Lipinski definition) is 4. The van der Waals surface area contributed by atoms with E-state index in [4.69, 9.17) is 9.72 Å². The average Bonchev–Trinajstić information content (AvgIpc) is 3.46. The maximum Gasteiger partial charge on any atom is 0.262 e. The summed E-state index contributed by atoms with van der Waals surface area (Å²) in [5.74, 6) is 2.09. The zero-order chi connectivity index (χ0) is 24.9. The molecule has 4 rings (SSSR count). The van der Waals surface area contributed by atoms with Crippen LogP contribution in [0.2, 0.25) is 0 Å². The Bertz CT molecular complexity index is 1210. The highest BCUT2D eigenvalue weighted by Crippen LogP contribution is 2.28. The predicted molar refractivity (Wildman–Crippen MR) is 139 cm³/mol. The molecule has 2 N–H and O–H groups in total. The first-order valence-corrected chi connectivity index (χ1v) is 12.6. The Balaban J connectivity index is 1.35. The van der Waals surface area contributed by atoms with Crippen LogP contribution in [0.25, 0.3) is 11.0 Å². The molecule has 0 unspecified atom stereocenters. The third-order valence-corrected chi connectivity index (χ3v) is 6.78. The van der Waals surface area contributed by atoms with Crippen LogP contribution in [0.15, 0.2) is 36.4 Å². The summed E-state index contributed by atoms with van der Waals surface area (Å²) in [5.41, 5.74) is 4.66. The van der Waals surface area contributed by atoms with Crippen molar-refractivity contribution < 1.29 is 14.3 Å². The minimum absolute atomic E-state index is 0.0601. The van der Waals surface area contributed by atoms with Gasteiger partial charge in [0.25, 0.3) is 5.91 Å². The highest BCUT2D eigenvalue weighted by molar-refractivity contribution is 5.94. The van der Waals surface area contributed by atoms with E-state index in [0.29, 0.717) is 24.6 Å². The number of carbonyl (C=O) groups excluding carboxylic acids is 2. The number of hydrogen-bond donors (Lipinski definition) is 2. The molecule has 0 radical (unpaired) electrons. The van der Waals surface area contributed by atoms with E-state index < -0.39 is 0 Å². The molecule has 1 aliphatic carbocycles. The number of rotatable bonds is 9. The Labute approximate surface area is 207 Å². The van der Waals surface area contributed by atoms with Crippen LogP contribution in [0, 0.1) is 12.8 Å². The lowest BCUT2D eigenvalue weighted by Crippen LogP contribution is -2.31. The van der Waals surface area contributed by atoms with Crippen molar-refractivity contribution in [1.82, 2.24) is 14.9 Å². The maximum absolute atomic E-state index is 12.6. The fraction of sp³-hybridized carbons (Fsp3) is 0.464. The number of imidazole rings is 1. The monoisotopic (exact) mass is 476 g/mol. The number of benzene rings is 2. The van der Waals surface area contributed by atoms with Crippen molar-refractivity contribution in [2.24, 2.45) is 13.0 Å². The van der Waals surface area contributed by atoms with Crippen LogP contribution in [0.3, 0.4) is 0 Å². The maximum atomic E-state index is 12.6. The Hall–Kier alpha value is -3.35. The number of ether oxygens (including phenoxy) is 1. The van der Waals surface area contributed by atoms with Crippen molar-refractivity contribution in [2.75, 3.05) is 18.5 Å². The van der Waals surface area contributed by atoms with E-state index in [1.807, 2.05) is 42.8 Å². The van der Waals surface area contributed by atoms with Crippen molar-refractivity contribution in [3.8, 4) is 5.75 Å². The van der Waals surface area contributed by atoms with Crippen LogP contribution in [-0.4, -0.2) is 34.5 Å². The SMILES string of the molecule is Cc1ccc(C(C)C)c(OCC(=O)Nc2ccc3c(c2)nc(CCNC(=O)C2CCCC2)n3C)c1. The minimum atomic E-state index is -0.216. The molecule has 35 heavy (non-hydrogen) atoms. The third kappa shape index (κ3) is 6.02. The van der Waals surface area contributed by atoms with E-state index in [9.17, 15) is 9.59 Å². The summed E-state index contributed by atoms with van der Waals surface area (Å²) in [4.78, 5) is 29.6. The van der Waals surface area contributed by atoms with Crippen molar-refractivity contribution in [2.45, 2.75) is 58.8 Å². The van der Waals surface area contributed by atoms with Crippen LogP contribution in [0.1, 0.15) is 62.4 Å². The molecule has 0 saturated heterocycles. The molecule has 0 spiro atoms. The molecular formula is C28H36N4O3. The number of carbonyl (C=O) groups is 2. The van der Waals surface area contributed by atoms with Gasteiger partial charge in [-0.2, -0.15) is 0 Å². The Morgan fingerprint density at radius 1 is 1.14 bits per heavy atom. The minimum Gasteiger partial charge on any atom is -0.483 e. The zero-order valence-corrected chi connectivity index (χ0v) is 21.2. The van der Waals surface area contributed by atoms with Crippen LogP contribution in [-0.2, 0) is 23.1 Å². The molecular weight excluding hydrogens is 440 g/mol. The second-order valence-corrected chi connectivity index (χ2v) is 9.85. The molecule has 7 nitrogen and oxygen atoms in total. The van der Waals surface area contributed by atoms with Gasteiger partial charge in [0, 0.05) is 31.6 Å². The highest BCUT2D eigenvalue weighted by atomic mass is 16.5. The number of anilines is 1. The fourth-order valence-corrected chi connectivity index (χ4v) is 4.76. The molecule has 1 aliphatic rings. The third-order valence-electron chi connectivity index (χ3n) is 6.78. The summed E-state index contributed by atoms with van der Waals surface area (Å²) in [6.07, 6.45) is 4.97. The van der Waals surface area contributed by atoms with Gasteiger partial charge in [-0.25, -0.2) is 4.98 Å². The first-order chi connectivity index (χ1) is 16.8. The van der Waals surface area contributed by atoms with Crippen molar-refractivity contribution >= 4 is 28.5 Å². The van der Waals surface area contributed by atoms with E-state index >= 15 is 0 Å². The van der Waals surface area contributed by atoms with Gasteiger partial charge in [0.15, 0.2) is 6.61 Å². The smallest absolute Gasteiger partial charge is 0.262 e. The number of nitrogens with zero attached hydrogens (tertiary/aromatic N) is 2. The molecule has 1 heterocycles. The Morgan fingerprint density at radius 2 is 1.91 bits per heavy atom. The van der Waals surface area contributed by atoms with Gasteiger partial charge >= 0.3 is 0 Å². The van der Waals surface area contributed by atoms with E-state index in [2.05, 4.69) is 36.6 Å². The van der Waals surface area contributed by atoms with Crippen LogP contribution in [0.5, 0.6) is 5.75 Å². The molecule has 2 amide bonds. The van der Waals surface area contributed by atoms with Crippen molar-refractivity contribution in [3.05, 3.63) is 53.3 Å². The van der Waals surface area contributed by atoms with Gasteiger partial charge in [0.2, 0.25) is 5.91 Å². The molecule has 1 fully saturated rings. The standard InChI is InChI=1S/C28H36N4O3/c1-18(2)22-11-9-19(3)15-25(22)35-17-27(33)30-21-10-12-24-23(16-21)31-26(32(24)4)13-14-29-28(34)20-7-5-6-8-20/h9-12,15-16,18,20H,5-8,13-14,17H2,1-4H3,(H,29,34)(H,30,33). The largest absolute Gasteiger partial charge is 0.483 e. The second-order valence-electron chi connectivity index (χ2n) is 9.85. The van der Waals surface area contributed by atoms with Gasteiger partial charge in [-0.3, -0.25) is 9.59 Å². The Kier molecular flexibility index (Phi) is 7.73. The van der Waals surface area contributed by atoms with Crippen LogP contribution >= 0.6 is 0 Å². The summed E-state index contributed by atoms with van der Waals surface area (Å²) in [5, 5.41) is 5.98. The highest BCUT2D eigenvalue weighted by Gasteiger charge is 2.22. The number of amides is 2. The fourth-order valence-electron chi connectivity index (χ4n) is 4.76. The lowest BCUT2D eigenvalue weighted by molar-refractivity contribution is -0.124. The quantitative estimate of drug-likeness (QED) is 0.461. The summed E-state index contributed by atoms with van der Waals surface area (Å²) in [6.45, 7) is 6.74. The average molecular weight is 477 g/mol. The first-order valence-electron chi connectivity index (χ1n) is 12.6. The molecule has 7 heteroatoms. The Morgan fingerprint density at radius 3 is 2.66 bits per heavy atom. The zero-order valence-electron chi connectivity index (χ0n) is 21.2. The second kappa shape index (κ2) is 10.9. The normalized spacial score (nSPS) is 14.0. The first kappa shape index (κ1) is 24.8. The van der Waals surface area contributed by atoms with E-state index in [-0.39, 0.29) is 24.3 Å². The van der Waals surface area contributed by atoms with Gasteiger partial charge in [-0.15, -0.1) is 0 Å². The van der Waals surface area contributed by atoms with Crippen LogP contribution < -0.4 is 15.4 Å². The number of aryl methyl sites for hydroxylation is 2. The van der Waals surface area contributed by atoms with Crippen molar-refractivity contribution in [3.63, 3.8) is 0 Å². The molecule has 0 bridgehead atoms. The molecule has 3 aromatic rings. The molecule has 0 atom stereocenters. The number of nitrogens with one attached hydrogen (secondary N) is 2. The number of fused-ring (bicyclic) bond motifs is 1. The van der Waals surface area contributed by atoms with Gasteiger partial charge in [0.1, 0.15) is 11.6 Å². The lowest BCUT2D eigenvalue weighted by Gasteiger charge is -2.15. The van der Waals surface area contributed by atoms with E-state index in [0.717, 1.165) is 59.4 Å². The summed E-state index contributed by atoms with van der Waals surface area (Å²) < 4.78 is 7.90. The molecule has 2 aromatic carbocycles. The van der Waals surface area contributed by atoms with Gasteiger partial charge in [0.05, 0.1) is 11.0 Å². The molecule has 1 aromatic heterocycles. The van der Waals surface area contributed by atoms with E-state index in [1.165, 1.54) is 0 Å². The van der Waals surface area contributed by atoms with E-state index in [1.54, 1.807) is 0 Å². The molecule has 186 valence electrons. The predicted octanol–water partition coefficient (Wildman–Crippen LogP) is 4.87. The van der Waals surface area contributed by atoms with Crippen molar-refractivity contribution in [1.29, 1.82) is 0 Å². The molecule has 0 aliphatic heterocycles. The topological polar surface area (TPSA) is 85.2 Å². The van der Waals surface area contributed by atoms with Gasteiger partial charge in [-0.05, 0) is 61.1 Å².